The van der Waals surface area contributed by atoms with Crippen molar-refractivity contribution in [3.05, 3.63) is 40.1 Å². The monoisotopic (exact) mass is 250 g/mol. The predicted octanol–water partition coefficient (Wildman–Crippen LogP) is 1.89. The molecule has 6 heteroatoms. The maximum absolute atomic E-state index is 11.2. The van der Waals surface area contributed by atoms with Gasteiger partial charge in [-0.15, -0.1) is 11.3 Å². The van der Waals surface area contributed by atoms with Crippen LogP contribution in [0.5, 0.6) is 0 Å². The average molecular weight is 250 g/mol. The Morgan fingerprint density at radius 2 is 2.29 bits per heavy atom. The number of aromatic nitrogens is 2. The number of rotatable bonds is 4. The molecule has 0 saturated heterocycles. The van der Waals surface area contributed by atoms with Gasteiger partial charge in [0.05, 0.1) is 17.7 Å². The molecule has 0 saturated carbocycles. The van der Waals surface area contributed by atoms with Gasteiger partial charge in [0.1, 0.15) is 5.69 Å². The number of carboxylic acid groups (broad SMARTS) is 1. The number of ketones is 1. The van der Waals surface area contributed by atoms with Crippen LogP contribution in [0, 0.1) is 0 Å². The van der Waals surface area contributed by atoms with Gasteiger partial charge >= 0.3 is 5.97 Å². The zero-order valence-electron chi connectivity index (χ0n) is 9.08. The van der Waals surface area contributed by atoms with E-state index in [1.54, 1.807) is 11.7 Å². The van der Waals surface area contributed by atoms with Crippen LogP contribution in [0.3, 0.4) is 0 Å². The molecule has 88 valence electrons. The Balaban J connectivity index is 2.37. The van der Waals surface area contributed by atoms with Gasteiger partial charge in [0.2, 0.25) is 0 Å². The Labute approximate surface area is 101 Å². The number of carbonyl (C=O) groups is 2. The van der Waals surface area contributed by atoms with Crippen LogP contribution >= 0.6 is 11.3 Å². The van der Waals surface area contributed by atoms with Crippen LogP contribution in [0.25, 0.3) is 0 Å². The van der Waals surface area contributed by atoms with E-state index in [1.165, 1.54) is 28.9 Å². The highest BCUT2D eigenvalue weighted by atomic mass is 32.1. The molecule has 0 spiro atoms. The van der Waals surface area contributed by atoms with E-state index in [4.69, 9.17) is 5.11 Å². The topological polar surface area (TPSA) is 72.2 Å². The van der Waals surface area contributed by atoms with Crippen molar-refractivity contribution in [2.24, 2.45) is 0 Å². The third-order valence-electron chi connectivity index (χ3n) is 2.34. The summed E-state index contributed by atoms with van der Waals surface area (Å²) >= 11 is 1.45. The molecule has 0 bridgehead atoms. The molecule has 0 aliphatic carbocycles. The fourth-order valence-corrected chi connectivity index (χ4v) is 2.05. The molecule has 5 nitrogen and oxygen atoms in total. The molecular formula is C11H10N2O3S. The van der Waals surface area contributed by atoms with E-state index < -0.39 is 5.97 Å². The maximum Gasteiger partial charge on any atom is 0.352 e. The summed E-state index contributed by atoms with van der Waals surface area (Å²) in [4.78, 5) is 26.3. The van der Waals surface area contributed by atoms with E-state index >= 15 is 0 Å². The van der Waals surface area contributed by atoms with Crippen molar-refractivity contribution < 1.29 is 14.7 Å². The maximum atomic E-state index is 11.2. The van der Waals surface area contributed by atoms with Crippen LogP contribution in [-0.4, -0.2) is 26.4 Å². The van der Waals surface area contributed by atoms with Crippen molar-refractivity contribution in [2.45, 2.75) is 13.5 Å². The molecule has 17 heavy (non-hydrogen) atoms. The van der Waals surface area contributed by atoms with Gasteiger partial charge in [0, 0.05) is 17.1 Å². The zero-order valence-corrected chi connectivity index (χ0v) is 9.90. The van der Waals surface area contributed by atoms with Crippen LogP contribution in [0.15, 0.2) is 23.2 Å². The van der Waals surface area contributed by atoms with Gasteiger partial charge in [0.25, 0.3) is 0 Å². The first-order valence-electron chi connectivity index (χ1n) is 4.89. The summed E-state index contributed by atoms with van der Waals surface area (Å²) in [5, 5.41) is 10.9. The number of aromatic carboxylic acids is 1. The van der Waals surface area contributed by atoms with Crippen LogP contribution in [-0.2, 0) is 6.54 Å². The Morgan fingerprint density at radius 1 is 1.53 bits per heavy atom. The van der Waals surface area contributed by atoms with Gasteiger partial charge in [-0.3, -0.25) is 4.79 Å². The second-order valence-electron chi connectivity index (χ2n) is 3.58. The van der Waals surface area contributed by atoms with Crippen LogP contribution in [0.1, 0.15) is 33.5 Å². The summed E-state index contributed by atoms with van der Waals surface area (Å²) in [7, 11) is 0. The number of nitrogens with zero attached hydrogens (tertiary/aromatic N) is 2. The van der Waals surface area contributed by atoms with Crippen LogP contribution in [0.4, 0.5) is 0 Å². The first-order valence-corrected chi connectivity index (χ1v) is 5.83. The second-order valence-corrected chi connectivity index (χ2v) is 4.30. The molecule has 2 heterocycles. The van der Waals surface area contributed by atoms with E-state index in [9.17, 15) is 9.59 Å². The van der Waals surface area contributed by atoms with E-state index in [-0.39, 0.29) is 11.5 Å². The molecular weight excluding hydrogens is 240 g/mol. The number of carbonyl (C=O) groups excluding carboxylic acids is 1. The molecule has 1 N–H and O–H groups in total. The predicted molar refractivity (Wildman–Crippen MR) is 62.6 cm³/mol. The van der Waals surface area contributed by atoms with E-state index in [1.807, 2.05) is 5.38 Å². The van der Waals surface area contributed by atoms with Crippen molar-refractivity contribution in [3.63, 3.8) is 0 Å². The average Bonchev–Trinajstić information content (AvgIpc) is 2.87. The highest BCUT2D eigenvalue weighted by molar-refractivity contribution is 7.07. The number of thiazole rings is 1. The lowest BCUT2D eigenvalue weighted by Crippen LogP contribution is -2.08. The first kappa shape index (κ1) is 11.5. The molecule has 2 aromatic heterocycles. The lowest BCUT2D eigenvalue weighted by molar-refractivity contribution is 0.0685. The van der Waals surface area contributed by atoms with Crippen molar-refractivity contribution >= 4 is 23.1 Å². The Kier molecular flexibility index (Phi) is 3.06. The van der Waals surface area contributed by atoms with E-state index in [0.29, 0.717) is 12.1 Å². The second kappa shape index (κ2) is 4.50. The minimum absolute atomic E-state index is 0.100. The Hall–Kier alpha value is -1.95. The molecule has 0 aliphatic rings. The largest absolute Gasteiger partial charge is 0.477 e. The Bertz CT molecular complexity index is 557. The third-order valence-corrected chi connectivity index (χ3v) is 2.97. The van der Waals surface area contributed by atoms with Crippen molar-refractivity contribution in [3.8, 4) is 0 Å². The number of hydrogen-bond donors (Lipinski definition) is 1. The van der Waals surface area contributed by atoms with Crippen molar-refractivity contribution in [2.75, 3.05) is 0 Å². The van der Waals surface area contributed by atoms with Crippen LogP contribution in [0.2, 0.25) is 0 Å². The van der Waals surface area contributed by atoms with E-state index in [2.05, 4.69) is 4.98 Å². The van der Waals surface area contributed by atoms with Crippen LogP contribution < -0.4 is 0 Å². The summed E-state index contributed by atoms with van der Waals surface area (Å²) in [6.45, 7) is 1.77. The molecule has 0 atom stereocenters. The molecule has 0 amide bonds. The minimum atomic E-state index is -1.05. The summed E-state index contributed by atoms with van der Waals surface area (Å²) in [6, 6.07) is 1.39. The smallest absolute Gasteiger partial charge is 0.352 e. The molecule has 0 aromatic carbocycles. The zero-order chi connectivity index (χ0) is 12.4. The van der Waals surface area contributed by atoms with Gasteiger partial charge < -0.3 is 9.67 Å². The first-order chi connectivity index (χ1) is 8.08. The SMILES string of the molecule is CC(=O)c1cc(C(=O)O)n(Cc2cscn2)c1. The molecule has 2 aromatic rings. The van der Waals surface area contributed by atoms with Crippen molar-refractivity contribution in [1.29, 1.82) is 0 Å². The summed E-state index contributed by atoms with van der Waals surface area (Å²) in [6.07, 6.45) is 1.55. The quantitative estimate of drug-likeness (QED) is 0.841. The summed E-state index contributed by atoms with van der Waals surface area (Å²) < 4.78 is 1.52. The fraction of sp³-hybridized carbons (Fsp3) is 0.182. The highest BCUT2D eigenvalue weighted by Gasteiger charge is 2.15. The highest BCUT2D eigenvalue weighted by Crippen LogP contribution is 2.13. The number of hydrogen-bond acceptors (Lipinski definition) is 4. The molecule has 2 rings (SSSR count). The normalized spacial score (nSPS) is 10.4. The molecule has 0 radical (unpaired) electrons. The van der Waals surface area contributed by atoms with Gasteiger partial charge in [-0.1, -0.05) is 0 Å². The Morgan fingerprint density at radius 3 is 2.82 bits per heavy atom. The van der Waals surface area contributed by atoms with Gasteiger partial charge in [-0.25, -0.2) is 9.78 Å². The number of Topliss-reactive ketones (excluding diaryl/α,β-unsaturated/α-hetero) is 1. The van der Waals surface area contributed by atoms with Crippen molar-refractivity contribution in [1.82, 2.24) is 9.55 Å². The number of carboxylic acids is 1. The summed E-state index contributed by atoms with van der Waals surface area (Å²) in [5.41, 5.74) is 2.97. The molecule has 0 unspecified atom stereocenters. The summed E-state index contributed by atoms with van der Waals surface area (Å²) in [5.74, 6) is -1.20. The lowest BCUT2D eigenvalue weighted by Gasteiger charge is -2.02. The van der Waals surface area contributed by atoms with E-state index in [0.717, 1.165) is 5.69 Å². The minimum Gasteiger partial charge on any atom is -0.477 e. The third kappa shape index (κ3) is 2.42. The fourth-order valence-electron chi connectivity index (χ4n) is 1.50. The molecule has 0 aliphatic heterocycles. The lowest BCUT2D eigenvalue weighted by atomic mass is 10.2. The molecule has 0 fully saturated rings. The standard InChI is InChI=1S/C11H10N2O3S/c1-7(14)8-2-10(11(15)16)13(3-8)4-9-5-17-6-12-9/h2-3,5-6H,4H2,1H3,(H,15,16). The van der Waals surface area contributed by atoms with Gasteiger partial charge in [0.15, 0.2) is 5.78 Å². The van der Waals surface area contributed by atoms with Gasteiger partial charge in [-0.05, 0) is 13.0 Å². The van der Waals surface area contributed by atoms with Gasteiger partial charge in [-0.2, -0.15) is 0 Å².